The lowest BCUT2D eigenvalue weighted by Gasteiger charge is -2.38. The van der Waals surface area contributed by atoms with Crippen LogP contribution in [0, 0.1) is 5.41 Å². The Labute approximate surface area is 224 Å². The predicted molar refractivity (Wildman–Crippen MR) is 140 cm³/mol. The van der Waals surface area contributed by atoms with Crippen molar-refractivity contribution in [3.63, 3.8) is 0 Å². The quantitative estimate of drug-likeness (QED) is 0.237. The number of carbonyl (C=O) groups excluding carboxylic acids is 3. The zero-order chi connectivity index (χ0) is 26.3. The molecule has 0 unspecified atom stereocenters. The van der Waals surface area contributed by atoms with Crippen molar-refractivity contribution in [1.29, 1.82) is 0 Å². The molecule has 0 aromatic heterocycles. The standard InChI is InChI=1S/C29H23Cl2NO5/c1-36-27(34)29(28(35)37-2)23(18-9-4-3-5-10-18)24(25(33)21-13-12-19(30)16-22(21)31)32-15-14-17-8-6-7-11-20(17)26(29)32/h3-16,23-24,26H,1-2H3/t23-,24+,26+/m1/s1. The van der Waals surface area contributed by atoms with Crippen molar-refractivity contribution in [2.24, 2.45) is 5.41 Å². The molecule has 0 amide bonds. The first-order valence-electron chi connectivity index (χ1n) is 11.6. The highest BCUT2D eigenvalue weighted by atomic mass is 35.5. The van der Waals surface area contributed by atoms with Gasteiger partial charge in [-0.05, 0) is 41.0 Å². The van der Waals surface area contributed by atoms with E-state index in [1.807, 2.05) is 36.4 Å². The van der Waals surface area contributed by atoms with E-state index in [0.29, 0.717) is 16.1 Å². The smallest absolute Gasteiger partial charge is 0.326 e. The number of benzene rings is 3. The summed E-state index contributed by atoms with van der Waals surface area (Å²) in [6, 6.07) is 19.2. The monoisotopic (exact) mass is 535 g/mol. The highest BCUT2D eigenvalue weighted by molar-refractivity contribution is 6.37. The molecule has 0 radical (unpaired) electrons. The summed E-state index contributed by atoms with van der Waals surface area (Å²) in [4.78, 5) is 43.8. The number of hydrogen-bond acceptors (Lipinski definition) is 6. The molecule has 3 aromatic carbocycles. The Balaban J connectivity index is 1.85. The minimum atomic E-state index is -1.90. The van der Waals surface area contributed by atoms with Gasteiger partial charge < -0.3 is 14.4 Å². The Morgan fingerprint density at radius 1 is 0.865 bits per heavy atom. The molecule has 0 aliphatic carbocycles. The Morgan fingerprint density at radius 2 is 1.51 bits per heavy atom. The Kier molecular flexibility index (Phi) is 6.56. The summed E-state index contributed by atoms with van der Waals surface area (Å²) in [5, 5.41) is 0.562. The number of halogens is 2. The molecule has 1 fully saturated rings. The maximum Gasteiger partial charge on any atom is 0.326 e. The van der Waals surface area contributed by atoms with Gasteiger partial charge >= 0.3 is 11.9 Å². The van der Waals surface area contributed by atoms with Gasteiger partial charge in [-0.2, -0.15) is 0 Å². The van der Waals surface area contributed by atoms with Gasteiger partial charge in [0.2, 0.25) is 0 Å². The Bertz CT molecular complexity index is 1400. The summed E-state index contributed by atoms with van der Waals surface area (Å²) in [6.07, 6.45) is 3.62. The van der Waals surface area contributed by atoms with Gasteiger partial charge in [0.15, 0.2) is 11.2 Å². The Morgan fingerprint density at radius 3 is 2.16 bits per heavy atom. The lowest BCUT2D eigenvalue weighted by Crippen LogP contribution is -2.49. The fraction of sp³-hybridized carbons (Fsp3) is 0.207. The minimum Gasteiger partial charge on any atom is -0.468 e. The fourth-order valence-corrected chi connectivity index (χ4v) is 6.29. The number of fused-ring (bicyclic) bond motifs is 3. The van der Waals surface area contributed by atoms with Crippen molar-refractivity contribution in [2.45, 2.75) is 18.0 Å². The highest BCUT2D eigenvalue weighted by Crippen LogP contribution is 2.61. The third-order valence-corrected chi connectivity index (χ3v) is 7.79. The first-order chi connectivity index (χ1) is 17.9. The van der Waals surface area contributed by atoms with Crippen LogP contribution in [0.5, 0.6) is 0 Å². The van der Waals surface area contributed by atoms with Crippen LogP contribution in [0.15, 0.2) is 79.0 Å². The van der Waals surface area contributed by atoms with Crippen LogP contribution in [0.4, 0.5) is 0 Å². The van der Waals surface area contributed by atoms with Crippen molar-refractivity contribution in [1.82, 2.24) is 4.90 Å². The molecule has 2 aliphatic heterocycles. The van der Waals surface area contributed by atoms with Crippen LogP contribution >= 0.6 is 23.2 Å². The maximum absolute atomic E-state index is 14.3. The molecule has 3 aromatic rings. The molecule has 8 heteroatoms. The molecule has 0 saturated carbocycles. The third-order valence-electron chi connectivity index (χ3n) is 7.24. The van der Waals surface area contributed by atoms with Crippen LogP contribution < -0.4 is 0 Å². The molecule has 188 valence electrons. The lowest BCUT2D eigenvalue weighted by atomic mass is 9.65. The average Bonchev–Trinajstić information content (AvgIpc) is 3.24. The summed E-state index contributed by atoms with van der Waals surface area (Å²) in [5.41, 5.74) is 0.477. The van der Waals surface area contributed by atoms with E-state index in [0.717, 1.165) is 5.56 Å². The highest BCUT2D eigenvalue weighted by Gasteiger charge is 2.71. The molecule has 5 rings (SSSR count). The molecule has 0 N–H and O–H groups in total. The number of ketones is 1. The molecule has 2 heterocycles. The fourth-order valence-electron chi connectivity index (χ4n) is 5.79. The zero-order valence-electron chi connectivity index (χ0n) is 20.1. The molecule has 2 aliphatic rings. The lowest BCUT2D eigenvalue weighted by molar-refractivity contribution is -0.172. The first-order valence-corrected chi connectivity index (χ1v) is 12.4. The number of rotatable bonds is 5. The van der Waals surface area contributed by atoms with Crippen LogP contribution in [0.1, 0.15) is 39.0 Å². The van der Waals surface area contributed by atoms with Gasteiger partial charge in [0.25, 0.3) is 0 Å². The Hall–Kier alpha value is -3.61. The van der Waals surface area contributed by atoms with E-state index in [4.69, 9.17) is 32.7 Å². The van der Waals surface area contributed by atoms with Gasteiger partial charge in [-0.25, -0.2) is 0 Å². The molecule has 37 heavy (non-hydrogen) atoms. The van der Waals surface area contributed by atoms with E-state index in [-0.39, 0.29) is 16.4 Å². The van der Waals surface area contributed by atoms with E-state index in [1.165, 1.54) is 20.3 Å². The summed E-state index contributed by atoms with van der Waals surface area (Å²) < 4.78 is 10.6. The molecule has 3 atom stereocenters. The van der Waals surface area contributed by atoms with E-state index in [9.17, 15) is 14.4 Å². The second kappa shape index (κ2) is 9.69. The summed E-state index contributed by atoms with van der Waals surface area (Å²) in [6.45, 7) is 0. The zero-order valence-corrected chi connectivity index (χ0v) is 21.6. The first kappa shape index (κ1) is 25.1. The van der Waals surface area contributed by atoms with E-state index in [1.54, 1.807) is 47.5 Å². The van der Waals surface area contributed by atoms with Crippen LogP contribution in [0.3, 0.4) is 0 Å². The molecular formula is C29H23Cl2NO5. The number of carbonyl (C=O) groups is 3. The van der Waals surface area contributed by atoms with Crippen molar-refractivity contribution in [2.75, 3.05) is 14.2 Å². The predicted octanol–water partition coefficient (Wildman–Crippen LogP) is 5.70. The van der Waals surface area contributed by atoms with Crippen LogP contribution in [-0.4, -0.2) is 42.9 Å². The second-order valence-electron chi connectivity index (χ2n) is 8.97. The van der Waals surface area contributed by atoms with Gasteiger partial charge in [-0.1, -0.05) is 77.8 Å². The number of methoxy groups -OCH3 is 2. The number of ether oxygens (including phenoxy) is 2. The largest absolute Gasteiger partial charge is 0.468 e. The molecule has 0 spiro atoms. The number of Topliss-reactive ketones (excluding diaryl/α,β-unsaturated/α-hetero) is 1. The summed E-state index contributed by atoms with van der Waals surface area (Å²) >= 11 is 12.6. The van der Waals surface area contributed by atoms with Gasteiger partial charge in [0.1, 0.15) is 6.04 Å². The number of hydrogen-bond donors (Lipinski definition) is 0. The topological polar surface area (TPSA) is 72.9 Å². The van der Waals surface area contributed by atoms with Crippen LogP contribution in [0.25, 0.3) is 6.08 Å². The summed E-state index contributed by atoms with van der Waals surface area (Å²) in [7, 11) is 2.46. The molecule has 6 nitrogen and oxygen atoms in total. The van der Waals surface area contributed by atoms with E-state index in [2.05, 4.69) is 0 Å². The van der Waals surface area contributed by atoms with Crippen molar-refractivity contribution < 1.29 is 23.9 Å². The molecule has 1 saturated heterocycles. The normalized spacial score (nSPS) is 21.1. The van der Waals surface area contributed by atoms with Gasteiger partial charge in [0, 0.05) is 22.7 Å². The van der Waals surface area contributed by atoms with Gasteiger partial charge in [-0.15, -0.1) is 0 Å². The molecular weight excluding hydrogens is 513 g/mol. The van der Waals surface area contributed by atoms with Crippen LogP contribution in [0.2, 0.25) is 10.0 Å². The average molecular weight is 536 g/mol. The number of nitrogens with zero attached hydrogens (tertiary/aromatic N) is 1. The van der Waals surface area contributed by atoms with Crippen LogP contribution in [-0.2, 0) is 19.1 Å². The van der Waals surface area contributed by atoms with E-state index >= 15 is 0 Å². The van der Waals surface area contributed by atoms with Crippen molar-refractivity contribution >= 4 is 47.0 Å². The second-order valence-corrected chi connectivity index (χ2v) is 9.81. The SMILES string of the molecule is COC(=O)C1(C(=O)OC)[C@H](c2ccccc2)[C@@H](C(=O)c2ccc(Cl)cc2Cl)N2C=Cc3ccccc3[C@H]21. The third kappa shape index (κ3) is 3.74. The van der Waals surface area contributed by atoms with Crippen molar-refractivity contribution in [3.05, 3.63) is 111 Å². The number of esters is 2. The maximum atomic E-state index is 14.3. The van der Waals surface area contributed by atoms with Crippen molar-refractivity contribution in [3.8, 4) is 0 Å². The van der Waals surface area contributed by atoms with Gasteiger partial charge in [-0.3, -0.25) is 14.4 Å². The summed E-state index contributed by atoms with van der Waals surface area (Å²) in [5.74, 6) is -2.90. The minimum absolute atomic E-state index is 0.177. The van der Waals surface area contributed by atoms with Gasteiger partial charge in [0.05, 0.1) is 25.3 Å². The molecule has 0 bridgehead atoms. The van der Waals surface area contributed by atoms with E-state index < -0.39 is 35.4 Å².